The predicted molar refractivity (Wildman–Crippen MR) is 54.0 cm³/mol. The normalized spacial score (nSPS) is 37.7. The topological polar surface area (TPSA) is 29.5 Å². The number of hydrogen-bond acceptors (Lipinski definition) is 2. The number of alkyl halides is 3. The van der Waals surface area contributed by atoms with E-state index in [4.69, 9.17) is 4.74 Å². The third-order valence-electron chi connectivity index (χ3n) is 3.49. The molecule has 1 aliphatic rings. The van der Waals surface area contributed by atoms with Gasteiger partial charge in [-0.05, 0) is 26.2 Å². The van der Waals surface area contributed by atoms with E-state index in [0.717, 1.165) is 0 Å². The summed E-state index contributed by atoms with van der Waals surface area (Å²) in [7, 11) is 0. The van der Waals surface area contributed by atoms with Crippen molar-refractivity contribution in [3.05, 3.63) is 0 Å². The first kappa shape index (κ1) is 13.8. The van der Waals surface area contributed by atoms with Crippen LogP contribution in [-0.4, -0.2) is 29.6 Å². The highest BCUT2D eigenvalue weighted by atomic mass is 19.4. The molecule has 5 atom stereocenters. The summed E-state index contributed by atoms with van der Waals surface area (Å²) in [4.78, 5) is 0. The molecular formula is C11H19F3O2. The van der Waals surface area contributed by atoms with Gasteiger partial charge in [0, 0.05) is 12.3 Å². The zero-order valence-corrected chi connectivity index (χ0v) is 9.79. The summed E-state index contributed by atoms with van der Waals surface area (Å²) in [6.07, 6.45) is -6.47. The number of hydrogen-bond donors (Lipinski definition) is 1. The van der Waals surface area contributed by atoms with Crippen molar-refractivity contribution in [1.29, 1.82) is 0 Å². The van der Waals surface area contributed by atoms with Crippen molar-refractivity contribution < 1.29 is 23.0 Å². The van der Waals surface area contributed by atoms with Gasteiger partial charge in [0.1, 0.15) is 0 Å². The van der Waals surface area contributed by atoms with Gasteiger partial charge < -0.3 is 9.84 Å². The van der Waals surface area contributed by atoms with E-state index < -0.39 is 18.7 Å². The van der Waals surface area contributed by atoms with E-state index in [2.05, 4.69) is 0 Å². The minimum absolute atomic E-state index is 0.000497. The second-order valence-corrected chi connectivity index (χ2v) is 4.70. The SMILES string of the molecule is CC1OC(C)C(C(O)CCC(F)(F)F)C1C. The highest BCUT2D eigenvalue weighted by Crippen LogP contribution is 2.36. The molecule has 0 aliphatic carbocycles. The molecule has 1 saturated heterocycles. The van der Waals surface area contributed by atoms with Gasteiger partial charge in [0.05, 0.1) is 18.3 Å². The summed E-state index contributed by atoms with van der Waals surface area (Å²) in [5, 5.41) is 9.79. The summed E-state index contributed by atoms with van der Waals surface area (Å²) >= 11 is 0. The van der Waals surface area contributed by atoms with Crippen LogP contribution in [0.2, 0.25) is 0 Å². The predicted octanol–water partition coefficient (Wildman–Crippen LogP) is 2.75. The number of rotatable bonds is 3. The van der Waals surface area contributed by atoms with Crippen molar-refractivity contribution >= 4 is 0 Å². The van der Waals surface area contributed by atoms with Gasteiger partial charge in [0.2, 0.25) is 0 Å². The second kappa shape index (κ2) is 4.92. The Morgan fingerprint density at radius 2 is 1.75 bits per heavy atom. The first-order valence-electron chi connectivity index (χ1n) is 5.62. The Morgan fingerprint density at radius 3 is 2.12 bits per heavy atom. The number of aliphatic hydroxyl groups is 1. The molecule has 1 heterocycles. The smallest absolute Gasteiger partial charge is 0.389 e. The average molecular weight is 240 g/mol. The summed E-state index contributed by atoms with van der Waals surface area (Å²) in [6, 6.07) is 0. The molecule has 1 N–H and O–H groups in total. The molecule has 2 nitrogen and oxygen atoms in total. The van der Waals surface area contributed by atoms with Crippen LogP contribution in [0.3, 0.4) is 0 Å². The van der Waals surface area contributed by atoms with E-state index in [9.17, 15) is 18.3 Å². The Balaban J connectivity index is 2.50. The van der Waals surface area contributed by atoms with Gasteiger partial charge in [0.15, 0.2) is 0 Å². The van der Waals surface area contributed by atoms with Crippen molar-refractivity contribution in [1.82, 2.24) is 0 Å². The van der Waals surface area contributed by atoms with Crippen LogP contribution >= 0.6 is 0 Å². The maximum absolute atomic E-state index is 12.0. The molecule has 0 bridgehead atoms. The molecule has 1 aliphatic heterocycles. The van der Waals surface area contributed by atoms with Crippen LogP contribution in [-0.2, 0) is 4.74 Å². The van der Waals surface area contributed by atoms with E-state index >= 15 is 0 Å². The van der Waals surface area contributed by atoms with Crippen molar-refractivity contribution in [3.63, 3.8) is 0 Å². The van der Waals surface area contributed by atoms with Gasteiger partial charge in [-0.2, -0.15) is 13.2 Å². The minimum Gasteiger partial charge on any atom is -0.393 e. The van der Waals surface area contributed by atoms with Crippen LogP contribution in [0.1, 0.15) is 33.6 Å². The average Bonchev–Trinajstić information content (AvgIpc) is 2.36. The molecule has 96 valence electrons. The molecule has 0 radical (unpaired) electrons. The molecule has 5 unspecified atom stereocenters. The molecule has 0 aromatic rings. The van der Waals surface area contributed by atoms with Gasteiger partial charge in [-0.3, -0.25) is 0 Å². The van der Waals surface area contributed by atoms with Crippen LogP contribution in [0, 0.1) is 11.8 Å². The fourth-order valence-electron chi connectivity index (χ4n) is 2.46. The first-order chi connectivity index (χ1) is 7.22. The minimum atomic E-state index is -4.20. The largest absolute Gasteiger partial charge is 0.393 e. The molecule has 1 fully saturated rings. The van der Waals surface area contributed by atoms with Crippen molar-refractivity contribution in [2.75, 3.05) is 0 Å². The zero-order valence-electron chi connectivity index (χ0n) is 9.79. The molecule has 0 amide bonds. The van der Waals surface area contributed by atoms with Crippen LogP contribution in [0.5, 0.6) is 0 Å². The molecule has 16 heavy (non-hydrogen) atoms. The lowest BCUT2D eigenvalue weighted by Crippen LogP contribution is -2.31. The quantitative estimate of drug-likeness (QED) is 0.822. The highest BCUT2D eigenvalue weighted by molar-refractivity contribution is 4.88. The molecular weight excluding hydrogens is 221 g/mol. The third kappa shape index (κ3) is 3.35. The molecule has 0 aromatic carbocycles. The maximum Gasteiger partial charge on any atom is 0.389 e. The van der Waals surface area contributed by atoms with Crippen molar-refractivity contribution in [3.8, 4) is 0 Å². The number of aliphatic hydroxyl groups excluding tert-OH is 1. The number of ether oxygens (including phenoxy) is 1. The van der Waals surface area contributed by atoms with E-state index in [1.165, 1.54) is 0 Å². The lowest BCUT2D eigenvalue weighted by molar-refractivity contribution is -0.142. The van der Waals surface area contributed by atoms with Crippen LogP contribution < -0.4 is 0 Å². The first-order valence-corrected chi connectivity index (χ1v) is 5.62. The van der Waals surface area contributed by atoms with Crippen LogP contribution in [0.15, 0.2) is 0 Å². The van der Waals surface area contributed by atoms with E-state index in [1.807, 2.05) is 20.8 Å². The van der Waals surface area contributed by atoms with E-state index in [-0.39, 0.29) is 30.5 Å². The summed E-state index contributed by atoms with van der Waals surface area (Å²) in [5.74, 6) is -0.101. The highest BCUT2D eigenvalue weighted by Gasteiger charge is 2.42. The van der Waals surface area contributed by atoms with Gasteiger partial charge in [-0.1, -0.05) is 6.92 Å². The van der Waals surface area contributed by atoms with Crippen molar-refractivity contribution in [2.24, 2.45) is 11.8 Å². The van der Waals surface area contributed by atoms with E-state index in [0.29, 0.717) is 0 Å². The standard InChI is InChI=1S/C11H19F3O2/c1-6-7(2)16-8(3)10(6)9(15)4-5-11(12,13)14/h6-10,15H,4-5H2,1-3H3. The maximum atomic E-state index is 12.0. The summed E-state index contributed by atoms with van der Waals surface area (Å²) < 4.78 is 41.6. The fraction of sp³-hybridized carbons (Fsp3) is 1.00. The third-order valence-corrected chi connectivity index (χ3v) is 3.49. The lowest BCUT2D eigenvalue weighted by atomic mass is 9.83. The van der Waals surface area contributed by atoms with Crippen LogP contribution in [0.25, 0.3) is 0 Å². The Bertz CT molecular complexity index is 230. The zero-order chi connectivity index (χ0) is 12.5. The Kier molecular flexibility index (Phi) is 4.23. The molecule has 0 saturated carbocycles. The van der Waals surface area contributed by atoms with E-state index in [1.54, 1.807) is 0 Å². The van der Waals surface area contributed by atoms with Gasteiger partial charge in [-0.15, -0.1) is 0 Å². The lowest BCUT2D eigenvalue weighted by Gasteiger charge is -2.24. The summed E-state index contributed by atoms with van der Waals surface area (Å²) in [6.45, 7) is 5.61. The van der Waals surface area contributed by atoms with Crippen molar-refractivity contribution in [2.45, 2.75) is 58.1 Å². The molecule has 0 spiro atoms. The molecule has 0 aromatic heterocycles. The monoisotopic (exact) mass is 240 g/mol. The Morgan fingerprint density at radius 1 is 1.19 bits per heavy atom. The molecule has 1 rings (SSSR count). The van der Waals surface area contributed by atoms with Crippen LogP contribution in [0.4, 0.5) is 13.2 Å². The Labute approximate surface area is 93.8 Å². The van der Waals surface area contributed by atoms with Gasteiger partial charge in [-0.25, -0.2) is 0 Å². The second-order valence-electron chi connectivity index (χ2n) is 4.70. The molecule has 5 heteroatoms. The number of halogens is 3. The Hall–Kier alpha value is -0.290. The van der Waals surface area contributed by atoms with Gasteiger partial charge in [0.25, 0.3) is 0 Å². The summed E-state index contributed by atoms with van der Waals surface area (Å²) in [5.41, 5.74) is 0. The fourth-order valence-corrected chi connectivity index (χ4v) is 2.46. The van der Waals surface area contributed by atoms with Gasteiger partial charge >= 0.3 is 6.18 Å².